The molecule has 2 fully saturated rings. The fraction of sp³-hybridized carbons (Fsp3) is 0.400. The van der Waals surface area contributed by atoms with Gasteiger partial charge in [0.25, 0.3) is 0 Å². The zero-order chi connectivity index (χ0) is 23.9. The standard InChI is InChI=1S/C25H25F4N5/c1-15-5-6-18(26)10-21(15)23-11-22(25(27,28)29)24(33-32-23)31-20-8-16-12-34(13-17(16)9-20)14-19-4-2-3-7-30-19/h2-7,10-11,16-17,20H,8-9,12-14H2,1H3,(H,31,33)/t16-,17+,20?. The third kappa shape index (κ3) is 4.75. The minimum Gasteiger partial charge on any atom is -0.365 e. The van der Waals surface area contributed by atoms with Crippen LogP contribution in [0.5, 0.6) is 0 Å². The van der Waals surface area contributed by atoms with Gasteiger partial charge in [-0.15, -0.1) is 10.2 Å². The first-order valence-electron chi connectivity index (χ1n) is 11.4. The maximum absolute atomic E-state index is 13.9. The maximum Gasteiger partial charge on any atom is 0.420 e. The topological polar surface area (TPSA) is 53.9 Å². The van der Waals surface area contributed by atoms with E-state index in [4.69, 9.17) is 0 Å². The van der Waals surface area contributed by atoms with Crippen molar-refractivity contribution in [1.29, 1.82) is 0 Å². The Kier molecular flexibility index (Phi) is 5.97. The van der Waals surface area contributed by atoms with E-state index in [1.165, 1.54) is 18.2 Å². The molecule has 0 spiro atoms. The van der Waals surface area contributed by atoms with Gasteiger partial charge in [-0.25, -0.2) is 4.39 Å². The molecule has 1 saturated carbocycles. The lowest BCUT2D eigenvalue weighted by Gasteiger charge is -2.21. The van der Waals surface area contributed by atoms with Gasteiger partial charge in [-0.2, -0.15) is 13.2 Å². The summed E-state index contributed by atoms with van der Waals surface area (Å²) in [6.45, 7) is 4.31. The van der Waals surface area contributed by atoms with E-state index in [2.05, 4.69) is 25.4 Å². The SMILES string of the molecule is Cc1ccc(F)cc1-c1cc(C(F)(F)F)c(NC2C[C@@H]3CN(Cc4ccccn4)C[C@@H]3C2)nn1. The molecule has 2 aromatic heterocycles. The van der Waals surface area contributed by atoms with Crippen LogP contribution in [0, 0.1) is 24.6 Å². The van der Waals surface area contributed by atoms with Crippen LogP contribution in [0.3, 0.4) is 0 Å². The fourth-order valence-corrected chi connectivity index (χ4v) is 5.27. The number of hydrogen-bond donors (Lipinski definition) is 1. The van der Waals surface area contributed by atoms with Gasteiger partial charge in [-0.05, 0) is 67.5 Å². The molecule has 1 aliphatic heterocycles. The zero-order valence-corrected chi connectivity index (χ0v) is 18.7. The fourth-order valence-electron chi connectivity index (χ4n) is 5.27. The summed E-state index contributed by atoms with van der Waals surface area (Å²) >= 11 is 0. The van der Waals surface area contributed by atoms with Gasteiger partial charge in [0.15, 0.2) is 5.82 Å². The van der Waals surface area contributed by atoms with Crippen molar-refractivity contribution in [2.75, 3.05) is 18.4 Å². The number of hydrogen-bond acceptors (Lipinski definition) is 5. The average molecular weight is 472 g/mol. The van der Waals surface area contributed by atoms with Gasteiger partial charge in [0, 0.05) is 37.4 Å². The summed E-state index contributed by atoms with van der Waals surface area (Å²) in [7, 11) is 0. The second-order valence-corrected chi connectivity index (χ2v) is 9.30. The molecule has 1 saturated heterocycles. The average Bonchev–Trinajstić information content (AvgIpc) is 3.33. The smallest absolute Gasteiger partial charge is 0.365 e. The first kappa shape index (κ1) is 22.7. The van der Waals surface area contributed by atoms with Crippen LogP contribution in [0.15, 0.2) is 48.7 Å². The predicted octanol–water partition coefficient (Wildman–Crippen LogP) is 5.33. The Hall–Kier alpha value is -3.07. The van der Waals surface area contributed by atoms with Crippen molar-refractivity contribution >= 4 is 5.82 Å². The highest BCUT2D eigenvalue weighted by atomic mass is 19.4. The number of anilines is 1. The summed E-state index contributed by atoms with van der Waals surface area (Å²) < 4.78 is 55.4. The molecule has 178 valence electrons. The van der Waals surface area contributed by atoms with Crippen LogP contribution in [0.2, 0.25) is 0 Å². The first-order valence-corrected chi connectivity index (χ1v) is 11.4. The molecule has 0 amide bonds. The van der Waals surface area contributed by atoms with Crippen LogP contribution in [-0.4, -0.2) is 39.2 Å². The van der Waals surface area contributed by atoms with Gasteiger partial charge in [-0.1, -0.05) is 12.1 Å². The van der Waals surface area contributed by atoms with E-state index in [1.807, 2.05) is 18.2 Å². The van der Waals surface area contributed by atoms with Gasteiger partial charge in [0.2, 0.25) is 0 Å². The Labute approximate surface area is 195 Å². The number of rotatable bonds is 5. The van der Waals surface area contributed by atoms with E-state index in [0.717, 1.165) is 44.2 Å². The summed E-state index contributed by atoms with van der Waals surface area (Å²) in [5, 5.41) is 10.9. The van der Waals surface area contributed by atoms with Crippen LogP contribution in [-0.2, 0) is 12.7 Å². The number of fused-ring (bicyclic) bond motifs is 1. The molecule has 3 aromatic rings. The second kappa shape index (κ2) is 8.94. The molecule has 1 N–H and O–H groups in total. The van der Waals surface area contributed by atoms with E-state index in [0.29, 0.717) is 23.0 Å². The minimum atomic E-state index is -4.61. The molecule has 3 atom stereocenters. The molecule has 9 heteroatoms. The summed E-state index contributed by atoms with van der Waals surface area (Å²) in [5.74, 6) is 0.0591. The van der Waals surface area contributed by atoms with Crippen molar-refractivity contribution in [3.8, 4) is 11.3 Å². The van der Waals surface area contributed by atoms with E-state index in [1.54, 1.807) is 13.1 Å². The quantitative estimate of drug-likeness (QED) is 0.510. The van der Waals surface area contributed by atoms with Crippen molar-refractivity contribution in [2.24, 2.45) is 11.8 Å². The van der Waals surface area contributed by atoms with Crippen LogP contribution >= 0.6 is 0 Å². The molecule has 1 aliphatic carbocycles. The van der Waals surface area contributed by atoms with E-state index < -0.39 is 17.6 Å². The molecule has 34 heavy (non-hydrogen) atoms. The van der Waals surface area contributed by atoms with E-state index in [-0.39, 0.29) is 17.6 Å². The number of aromatic nitrogens is 3. The Bertz CT molecular complexity index is 1150. The van der Waals surface area contributed by atoms with Crippen molar-refractivity contribution in [3.63, 3.8) is 0 Å². The molecule has 3 heterocycles. The summed E-state index contributed by atoms with van der Waals surface area (Å²) in [4.78, 5) is 6.75. The first-order chi connectivity index (χ1) is 16.3. The van der Waals surface area contributed by atoms with E-state index >= 15 is 0 Å². The number of halogens is 4. The van der Waals surface area contributed by atoms with Crippen LogP contribution in [0.1, 0.15) is 29.7 Å². The third-order valence-electron chi connectivity index (χ3n) is 6.85. The molecule has 0 radical (unpaired) electrons. The Morgan fingerprint density at radius 2 is 1.79 bits per heavy atom. The summed E-state index contributed by atoms with van der Waals surface area (Å²) in [5.41, 5.74) is 1.07. The van der Waals surface area contributed by atoms with Crippen LogP contribution in [0.25, 0.3) is 11.3 Å². The van der Waals surface area contributed by atoms with Crippen molar-refractivity contribution in [2.45, 2.75) is 38.5 Å². The highest BCUT2D eigenvalue weighted by Gasteiger charge is 2.42. The number of alkyl halides is 3. The molecular formula is C25H25F4N5. The minimum absolute atomic E-state index is 0.00308. The monoisotopic (exact) mass is 471 g/mol. The Morgan fingerprint density at radius 3 is 2.47 bits per heavy atom. The lowest BCUT2D eigenvalue weighted by Crippen LogP contribution is -2.26. The lowest BCUT2D eigenvalue weighted by atomic mass is 10.0. The molecule has 1 unspecified atom stereocenters. The number of pyridine rings is 1. The Morgan fingerprint density at radius 1 is 1.03 bits per heavy atom. The third-order valence-corrected chi connectivity index (χ3v) is 6.85. The molecule has 0 bridgehead atoms. The predicted molar refractivity (Wildman–Crippen MR) is 120 cm³/mol. The highest BCUT2D eigenvalue weighted by Crippen LogP contribution is 2.41. The normalized spacial score (nSPS) is 22.7. The molecular weight excluding hydrogens is 446 g/mol. The molecule has 2 aliphatic rings. The molecule has 5 nitrogen and oxygen atoms in total. The van der Waals surface area contributed by atoms with Crippen LogP contribution in [0.4, 0.5) is 23.4 Å². The van der Waals surface area contributed by atoms with Gasteiger partial charge >= 0.3 is 6.18 Å². The van der Waals surface area contributed by atoms with Crippen molar-refractivity contribution < 1.29 is 17.6 Å². The van der Waals surface area contributed by atoms with Crippen LogP contribution < -0.4 is 5.32 Å². The zero-order valence-electron chi connectivity index (χ0n) is 18.7. The lowest BCUT2D eigenvalue weighted by molar-refractivity contribution is -0.137. The highest BCUT2D eigenvalue weighted by molar-refractivity contribution is 5.65. The number of benzene rings is 1. The van der Waals surface area contributed by atoms with E-state index in [9.17, 15) is 17.6 Å². The summed E-state index contributed by atoms with van der Waals surface area (Å²) in [6.07, 6.45) is -1.26. The van der Waals surface area contributed by atoms with Gasteiger partial charge in [0.05, 0.1) is 11.4 Å². The number of nitrogens with zero attached hydrogens (tertiary/aromatic N) is 4. The maximum atomic E-state index is 13.9. The largest absolute Gasteiger partial charge is 0.420 e. The number of likely N-dealkylation sites (tertiary alicyclic amines) is 1. The number of aryl methyl sites for hydroxylation is 1. The van der Waals surface area contributed by atoms with Gasteiger partial charge in [0.1, 0.15) is 11.4 Å². The molecule has 1 aromatic carbocycles. The number of nitrogens with one attached hydrogen (secondary N) is 1. The molecule has 5 rings (SSSR count). The van der Waals surface area contributed by atoms with Crippen molar-refractivity contribution in [1.82, 2.24) is 20.1 Å². The van der Waals surface area contributed by atoms with Crippen molar-refractivity contribution in [3.05, 3.63) is 71.3 Å². The summed E-state index contributed by atoms with van der Waals surface area (Å²) in [6, 6.07) is 10.7. The van der Waals surface area contributed by atoms with Gasteiger partial charge < -0.3 is 5.32 Å². The van der Waals surface area contributed by atoms with Gasteiger partial charge in [-0.3, -0.25) is 9.88 Å². The second-order valence-electron chi connectivity index (χ2n) is 9.30. The Balaban J connectivity index is 1.29.